The Morgan fingerprint density at radius 3 is 2.73 bits per heavy atom. The fourth-order valence-electron chi connectivity index (χ4n) is 4.43. The summed E-state index contributed by atoms with van der Waals surface area (Å²) >= 11 is 1.40. The van der Waals surface area contributed by atoms with Gasteiger partial charge in [-0.3, -0.25) is 9.59 Å². The predicted octanol–water partition coefficient (Wildman–Crippen LogP) is 5.81. The highest BCUT2D eigenvalue weighted by molar-refractivity contribution is 7.15. The first kappa shape index (κ1) is 21.5. The molecule has 0 N–H and O–H groups in total. The van der Waals surface area contributed by atoms with Crippen molar-refractivity contribution < 1.29 is 18.4 Å². The van der Waals surface area contributed by atoms with E-state index in [1.165, 1.54) is 23.5 Å². The summed E-state index contributed by atoms with van der Waals surface area (Å²) in [6.45, 7) is 2.35. The van der Waals surface area contributed by atoms with Crippen molar-refractivity contribution >= 4 is 34.0 Å². The second-order valence-corrected chi connectivity index (χ2v) is 9.52. The third kappa shape index (κ3) is 4.33. The van der Waals surface area contributed by atoms with Gasteiger partial charge in [0.2, 0.25) is 0 Å². The number of piperidine rings is 1. The summed E-state index contributed by atoms with van der Waals surface area (Å²) in [5.74, 6) is -0.00506. The Labute approximate surface area is 194 Å². The Morgan fingerprint density at radius 2 is 1.94 bits per heavy atom. The number of fused-ring (bicyclic) bond motifs is 1. The van der Waals surface area contributed by atoms with E-state index in [0.29, 0.717) is 29.3 Å². The zero-order chi connectivity index (χ0) is 22.9. The Hall–Kier alpha value is -3.32. The lowest BCUT2D eigenvalue weighted by molar-refractivity contribution is -0.124. The monoisotopic (exact) mass is 462 g/mol. The van der Waals surface area contributed by atoms with E-state index in [2.05, 4.69) is 4.98 Å². The number of halogens is 1. The molecule has 0 bridgehead atoms. The fraction of sp³-hybridized carbons (Fsp3) is 0.269. The fourth-order valence-corrected chi connectivity index (χ4v) is 5.34. The standard InChI is InChI=1S/C26H23FN2O3S/c1-16-28-24(25(33-16)17-9-11-19(27)12-10-17)26(31)29-13-5-4-7-21(29)22(30)15-20-14-18-6-2-3-8-23(18)32-20/h2-3,6,8-12,14,21H,4-5,7,13,15H2,1H3. The van der Waals surface area contributed by atoms with Crippen LogP contribution in [-0.2, 0) is 11.2 Å². The Kier molecular flexibility index (Phi) is 5.81. The zero-order valence-electron chi connectivity index (χ0n) is 18.2. The lowest BCUT2D eigenvalue weighted by atomic mass is 9.95. The van der Waals surface area contributed by atoms with Crippen molar-refractivity contribution in [3.63, 3.8) is 0 Å². The summed E-state index contributed by atoms with van der Waals surface area (Å²) in [6.07, 6.45) is 2.50. The van der Waals surface area contributed by atoms with Crippen LogP contribution in [0.15, 0.2) is 59.0 Å². The number of hydrogen-bond acceptors (Lipinski definition) is 5. The van der Waals surface area contributed by atoms with Crippen LogP contribution in [0.4, 0.5) is 4.39 Å². The number of Topliss-reactive ketones (excluding diaryl/α,β-unsaturated/α-hetero) is 1. The molecular weight excluding hydrogens is 439 g/mol. The number of benzene rings is 2. The smallest absolute Gasteiger partial charge is 0.274 e. The van der Waals surface area contributed by atoms with Gasteiger partial charge in [-0.1, -0.05) is 30.3 Å². The maximum absolute atomic E-state index is 13.6. The van der Waals surface area contributed by atoms with E-state index in [9.17, 15) is 14.0 Å². The summed E-state index contributed by atoms with van der Waals surface area (Å²) in [7, 11) is 0. The van der Waals surface area contributed by atoms with Crippen LogP contribution in [0.3, 0.4) is 0 Å². The largest absolute Gasteiger partial charge is 0.461 e. The predicted molar refractivity (Wildman–Crippen MR) is 126 cm³/mol. The van der Waals surface area contributed by atoms with Crippen molar-refractivity contribution in [2.75, 3.05) is 6.54 Å². The first-order valence-corrected chi connectivity index (χ1v) is 11.9. The van der Waals surface area contributed by atoms with Gasteiger partial charge in [-0.25, -0.2) is 9.37 Å². The van der Waals surface area contributed by atoms with Gasteiger partial charge in [0.1, 0.15) is 22.9 Å². The molecule has 2 aromatic carbocycles. The number of hydrogen-bond donors (Lipinski definition) is 0. The average molecular weight is 463 g/mol. The van der Waals surface area contributed by atoms with Gasteiger partial charge in [-0.2, -0.15) is 0 Å². The maximum atomic E-state index is 13.6. The summed E-state index contributed by atoms with van der Waals surface area (Å²) in [4.78, 5) is 33.7. The number of amides is 1. The van der Waals surface area contributed by atoms with Crippen molar-refractivity contribution in [1.82, 2.24) is 9.88 Å². The molecule has 1 aliphatic heterocycles. The molecule has 0 spiro atoms. The second-order valence-electron chi connectivity index (χ2n) is 8.32. The van der Waals surface area contributed by atoms with E-state index >= 15 is 0 Å². The van der Waals surface area contributed by atoms with Gasteiger partial charge < -0.3 is 9.32 Å². The van der Waals surface area contributed by atoms with Gasteiger partial charge in [0.15, 0.2) is 5.78 Å². The van der Waals surface area contributed by atoms with E-state index in [1.807, 2.05) is 37.3 Å². The van der Waals surface area contributed by atoms with Crippen LogP contribution in [0.1, 0.15) is 40.5 Å². The summed E-state index contributed by atoms with van der Waals surface area (Å²) in [5.41, 5.74) is 1.82. The Balaban J connectivity index is 1.41. The minimum absolute atomic E-state index is 0.0302. The third-order valence-electron chi connectivity index (χ3n) is 6.00. The summed E-state index contributed by atoms with van der Waals surface area (Å²) in [5, 5.41) is 1.71. The van der Waals surface area contributed by atoms with Crippen molar-refractivity contribution in [3.05, 3.63) is 76.9 Å². The molecule has 7 heteroatoms. The third-order valence-corrected chi connectivity index (χ3v) is 7.02. The molecule has 1 aliphatic rings. The van der Waals surface area contributed by atoms with Crippen LogP contribution in [0, 0.1) is 12.7 Å². The number of carbonyl (C=O) groups is 2. The molecule has 0 aliphatic carbocycles. The number of rotatable bonds is 5. The van der Waals surface area contributed by atoms with Crippen molar-refractivity contribution in [1.29, 1.82) is 0 Å². The Bertz CT molecular complexity index is 1290. The van der Waals surface area contributed by atoms with Crippen molar-refractivity contribution in [2.24, 2.45) is 0 Å². The average Bonchev–Trinajstić information content (AvgIpc) is 3.41. The summed E-state index contributed by atoms with van der Waals surface area (Å²) in [6, 6.07) is 15.1. The van der Waals surface area contributed by atoms with Gasteiger partial charge in [0, 0.05) is 11.9 Å². The van der Waals surface area contributed by atoms with Gasteiger partial charge >= 0.3 is 0 Å². The molecule has 5 rings (SSSR count). The second kappa shape index (κ2) is 8.90. The number of likely N-dealkylation sites (tertiary alicyclic amines) is 1. The molecule has 1 unspecified atom stereocenters. The molecule has 5 nitrogen and oxygen atoms in total. The normalized spacial score (nSPS) is 16.3. The van der Waals surface area contributed by atoms with E-state index in [1.54, 1.807) is 17.0 Å². The first-order chi connectivity index (χ1) is 16.0. The number of furan rings is 1. The SMILES string of the molecule is Cc1nc(C(=O)N2CCCCC2C(=O)Cc2cc3ccccc3o2)c(-c2ccc(F)cc2)s1. The quantitative estimate of drug-likeness (QED) is 0.375. The molecule has 1 saturated heterocycles. The van der Waals surface area contributed by atoms with Crippen LogP contribution >= 0.6 is 11.3 Å². The number of thiazole rings is 1. The molecule has 2 aromatic heterocycles. The lowest BCUT2D eigenvalue weighted by Crippen LogP contribution is -2.48. The highest BCUT2D eigenvalue weighted by Gasteiger charge is 2.35. The van der Waals surface area contributed by atoms with E-state index < -0.39 is 6.04 Å². The number of ketones is 1. The molecule has 1 atom stereocenters. The van der Waals surface area contributed by atoms with Crippen molar-refractivity contribution in [3.8, 4) is 10.4 Å². The number of aromatic nitrogens is 1. The summed E-state index contributed by atoms with van der Waals surface area (Å²) < 4.78 is 19.2. The molecule has 168 valence electrons. The number of para-hydroxylation sites is 1. The van der Waals surface area contributed by atoms with Gasteiger partial charge in [0.05, 0.1) is 22.3 Å². The molecule has 0 radical (unpaired) electrons. The highest BCUT2D eigenvalue weighted by Crippen LogP contribution is 2.33. The maximum Gasteiger partial charge on any atom is 0.274 e. The lowest BCUT2D eigenvalue weighted by Gasteiger charge is -2.34. The minimum atomic E-state index is -0.512. The van der Waals surface area contributed by atoms with Crippen LogP contribution in [-0.4, -0.2) is 34.2 Å². The van der Waals surface area contributed by atoms with Crippen molar-refractivity contribution in [2.45, 2.75) is 38.6 Å². The van der Waals surface area contributed by atoms with Gasteiger partial charge in [-0.05, 0) is 56.0 Å². The number of nitrogens with zero attached hydrogens (tertiary/aromatic N) is 2. The van der Waals surface area contributed by atoms with Crippen LogP contribution in [0.25, 0.3) is 21.4 Å². The number of aryl methyl sites for hydroxylation is 1. The molecule has 1 fully saturated rings. The molecule has 4 aromatic rings. The molecule has 0 saturated carbocycles. The topological polar surface area (TPSA) is 63.4 Å². The zero-order valence-corrected chi connectivity index (χ0v) is 19.0. The van der Waals surface area contributed by atoms with Gasteiger partial charge in [-0.15, -0.1) is 11.3 Å². The molecular formula is C26H23FN2O3S. The first-order valence-electron chi connectivity index (χ1n) is 11.0. The van der Waals surface area contributed by atoms with Gasteiger partial charge in [0.25, 0.3) is 5.91 Å². The van der Waals surface area contributed by atoms with Crippen LogP contribution in [0.5, 0.6) is 0 Å². The molecule has 1 amide bonds. The van der Waals surface area contributed by atoms with Crippen LogP contribution < -0.4 is 0 Å². The minimum Gasteiger partial charge on any atom is -0.461 e. The van der Waals surface area contributed by atoms with E-state index in [4.69, 9.17) is 4.42 Å². The number of carbonyl (C=O) groups excluding carboxylic acids is 2. The molecule has 3 heterocycles. The van der Waals surface area contributed by atoms with E-state index in [-0.39, 0.29) is 23.9 Å². The highest BCUT2D eigenvalue weighted by atomic mass is 32.1. The van der Waals surface area contributed by atoms with E-state index in [0.717, 1.165) is 34.4 Å². The Morgan fingerprint density at radius 1 is 1.15 bits per heavy atom. The molecule has 33 heavy (non-hydrogen) atoms. The van der Waals surface area contributed by atoms with Crippen LogP contribution in [0.2, 0.25) is 0 Å².